The average Bonchev–Trinajstić information content (AvgIpc) is 3.44. The Morgan fingerprint density at radius 3 is 2.85 bits per heavy atom. The van der Waals surface area contributed by atoms with E-state index in [0.717, 1.165) is 28.0 Å². The summed E-state index contributed by atoms with van der Waals surface area (Å²) in [6, 6.07) is 9.97. The molecule has 3 aromatic heterocycles. The average molecular weight is 468 g/mol. The van der Waals surface area contributed by atoms with Crippen molar-refractivity contribution in [3.63, 3.8) is 0 Å². The van der Waals surface area contributed by atoms with Crippen LogP contribution in [-0.4, -0.2) is 45.8 Å². The van der Waals surface area contributed by atoms with Crippen molar-refractivity contribution in [3.05, 3.63) is 75.0 Å². The number of nitrogens with one attached hydrogen (secondary N) is 1. The Bertz CT molecular complexity index is 1260. The van der Waals surface area contributed by atoms with Crippen molar-refractivity contribution in [1.29, 1.82) is 0 Å². The minimum Gasteiger partial charge on any atom is -0.468 e. The van der Waals surface area contributed by atoms with Gasteiger partial charge in [0.25, 0.3) is 5.56 Å². The molecule has 0 aliphatic rings. The molecule has 0 saturated carbocycles. The van der Waals surface area contributed by atoms with Gasteiger partial charge in [0.15, 0.2) is 0 Å². The first kappa shape index (κ1) is 23.4. The lowest BCUT2D eigenvalue weighted by Gasteiger charge is -2.23. The predicted octanol–water partition coefficient (Wildman–Crippen LogP) is 4.26. The molecule has 33 heavy (non-hydrogen) atoms. The van der Waals surface area contributed by atoms with Gasteiger partial charge in [0, 0.05) is 24.1 Å². The number of fused-ring (bicyclic) bond motifs is 1. The standard InChI is InChI=1S/C25H29N3O4S/c1-4-31-14-18(29)11-28(12-19-6-5-9-32-19)13-22-26-24(30)23-21(15-33-25(23)27-22)20-10-16(2)7-8-17(20)3/h5-10,15,18,29H,4,11-14H2,1-3H3,(H,26,27,30). The first-order valence-corrected chi connectivity index (χ1v) is 11.9. The fourth-order valence-electron chi connectivity index (χ4n) is 3.92. The van der Waals surface area contributed by atoms with E-state index in [9.17, 15) is 9.90 Å². The van der Waals surface area contributed by atoms with Crippen LogP contribution in [0.1, 0.15) is 29.6 Å². The maximum absolute atomic E-state index is 13.1. The molecule has 174 valence electrons. The molecule has 0 aliphatic heterocycles. The highest BCUT2D eigenvalue weighted by Gasteiger charge is 2.18. The van der Waals surface area contributed by atoms with Gasteiger partial charge in [-0.2, -0.15) is 0 Å². The number of thiophene rings is 1. The molecular weight excluding hydrogens is 438 g/mol. The van der Waals surface area contributed by atoms with Crippen LogP contribution in [-0.2, 0) is 17.8 Å². The summed E-state index contributed by atoms with van der Waals surface area (Å²) in [6.45, 7) is 7.99. The van der Waals surface area contributed by atoms with E-state index >= 15 is 0 Å². The number of aliphatic hydroxyl groups is 1. The minimum atomic E-state index is -0.659. The van der Waals surface area contributed by atoms with Crippen molar-refractivity contribution >= 4 is 21.6 Å². The largest absolute Gasteiger partial charge is 0.468 e. The van der Waals surface area contributed by atoms with Crippen LogP contribution in [0.5, 0.6) is 0 Å². The molecule has 0 aliphatic carbocycles. The van der Waals surface area contributed by atoms with Gasteiger partial charge in [-0.1, -0.05) is 23.8 Å². The molecule has 2 N–H and O–H groups in total. The number of benzene rings is 1. The topological polar surface area (TPSA) is 91.6 Å². The van der Waals surface area contributed by atoms with Crippen molar-refractivity contribution in [3.8, 4) is 11.1 Å². The van der Waals surface area contributed by atoms with Crippen molar-refractivity contribution in [1.82, 2.24) is 14.9 Å². The van der Waals surface area contributed by atoms with Gasteiger partial charge in [-0.15, -0.1) is 11.3 Å². The summed E-state index contributed by atoms with van der Waals surface area (Å²) in [7, 11) is 0. The van der Waals surface area contributed by atoms with Crippen LogP contribution in [0.25, 0.3) is 21.3 Å². The van der Waals surface area contributed by atoms with Gasteiger partial charge in [-0.3, -0.25) is 9.69 Å². The van der Waals surface area contributed by atoms with E-state index in [1.807, 2.05) is 43.2 Å². The van der Waals surface area contributed by atoms with E-state index < -0.39 is 6.10 Å². The fraction of sp³-hybridized carbons (Fsp3) is 0.360. The summed E-state index contributed by atoms with van der Waals surface area (Å²) in [6.07, 6.45) is 0.963. The number of ether oxygens (including phenoxy) is 1. The molecule has 1 atom stereocenters. The van der Waals surface area contributed by atoms with E-state index in [-0.39, 0.29) is 12.2 Å². The smallest absolute Gasteiger partial charge is 0.260 e. The van der Waals surface area contributed by atoms with Crippen molar-refractivity contribution < 1.29 is 14.3 Å². The Balaban J connectivity index is 1.62. The molecule has 0 saturated heterocycles. The van der Waals surface area contributed by atoms with E-state index in [4.69, 9.17) is 14.1 Å². The van der Waals surface area contributed by atoms with Gasteiger partial charge in [-0.05, 0) is 44.0 Å². The zero-order valence-corrected chi connectivity index (χ0v) is 19.9. The number of rotatable bonds is 10. The van der Waals surface area contributed by atoms with Crippen molar-refractivity contribution in [2.45, 2.75) is 40.0 Å². The Morgan fingerprint density at radius 2 is 2.09 bits per heavy atom. The third-order valence-electron chi connectivity index (χ3n) is 5.49. The maximum atomic E-state index is 13.1. The van der Waals surface area contributed by atoms with Gasteiger partial charge in [0.1, 0.15) is 16.4 Å². The van der Waals surface area contributed by atoms with Crippen LogP contribution >= 0.6 is 11.3 Å². The van der Waals surface area contributed by atoms with Crippen LogP contribution < -0.4 is 5.56 Å². The van der Waals surface area contributed by atoms with Gasteiger partial charge in [-0.25, -0.2) is 4.98 Å². The van der Waals surface area contributed by atoms with E-state index in [1.165, 1.54) is 11.3 Å². The molecule has 0 radical (unpaired) electrons. The minimum absolute atomic E-state index is 0.153. The highest BCUT2D eigenvalue weighted by Crippen LogP contribution is 2.33. The lowest BCUT2D eigenvalue weighted by atomic mass is 9.99. The molecule has 0 bridgehead atoms. The molecule has 7 nitrogen and oxygen atoms in total. The number of furan rings is 1. The zero-order valence-electron chi connectivity index (χ0n) is 19.1. The lowest BCUT2D eigenvalue weighted by molar-refractivity contribution is 0.0163. The first-order valence-electron chi connectivity index (χ1n) is 11.0. The SMILES string of the molecule is CCOCC(O)CN(Cc1nc2scc(-c3cc(C)ccc3C)c2c(=O)[nH]1)Cc1ccco1. The molecule has 4 rings (SSSR count). The lowest BCUT2D eigenvalue weighted by Crippen LogP contribution is -2.35. The second-order valence-corrected chi connectivity index (χ2v) is 9.08. The third kappa shape index (κ3) is 5.59. The normalized spacial score (nSPS) is 12.6. The fourth-order valence-corrected chi connectivity index (χ4v) is 4.87. The Kier molecular flexibility index (Phi) is 7.39. The molecule has 4 aromatic rings. The quantitative estimate of drug-likeness (QED) is 0.362. The highest BCUT2D eigenvalue weighted by molar-refractivity contribution is 7.17. The van der Waals surface area contributed by atoms with Crippen LogP contribution in [0.4, 0.5) is 0 Å². The van der Waals surface area contributed by atoms with Gasteiger partial charge >= 0.3 is 0 Å². The molecule has 3 heterocycles. The monoisotopic (exact) mass is 467 g/mol. The molecule has 0 fully saturated rings. The number of aliphatic hydroxyl groups excluding tert-OH is 1. The molecule has 0 spiro atoms. The van der Waals surface area contributed by atoms with Crippen molar-refractivity contribution in [2.75, 3.05) is 19.8 Å². The second kappa shape index (κ2) is 10.4. The number of aromatic nitrogens is 2. The van der Waals surface area contributed by atoms with Crippen LogP contribution in [0.15, 0.2) is 51.2 Å². The molecular formula is C25H29N3O4S. The molecule has 1 unspecified atom stereocenters. The third-order valence-corrected chi connectivity index (χ3v) is 6.36. The van der Waals surface area contributed by atoms with Crippen LogP contribution in [0.2, 0.25) is 0 Å². The van der Waals surface area contributed by atoms with E-state index in [2.05, 4.69) is 23.2 Å². The van der Waals surface area contributed by atoms with Crippen LogP contribution in [0.3, 0.4) is 0 Å². The molecule has 8 heteroatoms. The Morgan fingerprint density at radius 1 is 1.24 bits per heavy atom. The summed E-state index contributed by atoms with van der Waals surface area (Å²) < 4.78 is 10.8. The second-order valence-electron chi connectivity index (χ2n) is 8.22. The molecule has 0 amide bonds. The highest BCUT2D eigenvalue weighted by atomic mass is 32.1. The van der Waals surface area contributed by atoms with Gasteiger partial charge < -0.3 is 19.2 Å². The molecule has 1 aromatic carbocycles. The summed E-state index contributed by atoms with van der Waals surface area (Å²) in [5.74, 6) is 1.33. The van der Waals surface area contributed by atoms with Crippen LogP contribution in [0, 0.1) is 13.8 Å². The van der Waals surface area contributed by atoms with Gasteiger partial charge in [0.2, 0.25) is 0 Å². The first-order chi connectivity index (χ1) is 15.9. The van der Waals surface area contributed by atoms with E-state index in [1.54, 1.807) is 6.26 Å². The number of hydrogen-bond donors (Lipinski definition) is 2. The summed E-state index contributed by atoms with van der Waals surface area (Å²) in [5, 5.41) is 13.0. The number of nitrogens with zero attached hydrogens (tertiary/aromatic N) is 2. The summed E-state index contributed by atoms with van der Waals surface area (Å²) in [5.41, 5.74) is 4.09. The Labute approximate surface area is 196 Å². The number of H-pyrrole nitrogens is 1. The summed E-state index contributed by atoms with van der Waals surface area (Å²) in [4.78, 5) is 23.5. The van der Waals surface area contributed by atoms with Gasteiger partial charge in [0.05, 0.1) is 37.4 Å². The Hall–Kier alpha value is -2.78. The summed E-state index contributed by atoms with van der Waals surface area (Å²) >= 11 is 1.47. The van der Waals surface area contributed by atoms with E-state index in [0.29, 0.717) is 42.3 Å². The number of hydrogen-bond acceptors (Lipinski definition) is 7. The maximum Gasteiger partial charge on any atom is 0.260 e. The predicted molar refractivity (Wildman–Crippen MR) is 130 cm³/mol. The zero-order chi connectivity index (χ0) is 23.4. The number of aromatic amines is 1. The number of aryl methyl sites for hydroxylation is 2. The van der Waals surface area contributed by atoms with Crippen molar-refractivity contribution in [2.24, 2.45) is 0 Å².